The third-order valence-electron chi connectivity index (χ3n) is 7.01. The maximum absolute atomic E-state index is 10.8. The molecule has 0 aromatic carbocycles. The first-order chi connectivity index (χ1) is 14.2. The molecule has 0 radical (unpaired) electrons. The van der Waals surface area contributed by atoms with E-state index in [-0.39, 0.29) is 23.5 Å². The van der Waals surface area contributed by atoms with Crippen molar-refractivity contribution < 1.29 is 14.3 Å². The van der Waals surface area contributed by atoms with E-state index in [1.807, 2.05) is 0 Å². The molecule has 30 heavy (non-hydrogen) atoms. The van der Waals surface area contributed by atoms with Crippen molar-refractivity contribution in [3.8, 4) is 0 Å². The number of rotatable bonds is 3. The SMILES string of the molecule is CC(C)(C)C(=O)OCCl.N=C(N)N1CCOCC1(C1CCCCC1)C1CCCCC1. The van der Waals surface area contributed by atoms with Gasteiger partial charge in [0.1, 0.15) is 0 Å². The van der Waals surface area contributed by atoms with Gasteiger partial charge < -0.3 is 20.1 Å². The van der Waals surface area contributed by atoms with E-state index in [0.717, 1.165) is 19.8 Å². The molecule has 1 aliphatic heterocycles. The molecule has 3 fully saturated rings. The van der Waals surface area contributed by atoms with Crippen LogP contribution in [-0.2, 0) is 14.3 Å². The summed E-state index contributed by atoms with van der Waals surface area (Å²) in [5, 5.41) is 8.13. The largest absolute Gasteiger partial charge is 0.449 e. The number of carbonyl (C=O) groups excluding carboxylic acids is 1. The van der Waals surface area contributed by atoms with Gasteiger partial charge in [0.05, 0.1) is 24.2 Å². The minimum Gasteiger partial charge on any atom is -0.449 e. The highest BCUT2D eigenvalue weighted by Gasteiger charge is 2.52. The molecule has 0 atom stereocenters. The molecule has 3 N–H and O–H groups in total. The number of nitrogens with one attached hydrogen (secondary N) is 1. The quantitative estimate of drug-likeness (QED) is 0.280. The number of alkyl halides is 1. The molecule has 2 aliphatic carbocycles. The minimum atomic E-state index is -0.436. The molecule has 6 nitrogen and oxygen atoms in total. The second kappa shape index (κ2) is 11.6. The zero-order valence-electron chi connectivity index (χ0n) is 19.2. The molecule has 3 rings (SSSR count). The lowest BCUT2D eigenvalue weighted by Gasteiger charge is -2.57. The van der Waals surface area contributed by atoms with E-state index >= 15 is 0 Å². The maximum Gasteiger partial charge on any atom is 0.312 e. The highest BCUT2D eigenvalue weighted by molar-refractivity contribution is 6.17. The highest BCUT2D eigenvalue weighted by atomic mass is 35.5. The fraction of sp³-hybridized carbons (Fsp3) is 0.913. The van der Waals surface area contributed by atoms with Crippen molar-refractivity contribution in [2.75, 3.05) is 25.8 Å². The molecule has 7 heteroatoms. The zero-order chi connectivity index (χ0) is 22.2. The Bertz CT molecular complexity index is 534. The van der Waals surface area contributed by atoms with Gasteiger partial charge in [0.15, 0.2) is 12.0 Å². The fourth-order valence-corrected chi connectivity index (χ4v) is 5.60. The highest BCUT2D eigenvalue weighted by Crippen LogP contribution is 2.47. The number of ether oxygens (including phenoxy) is 2. The van der Waals surface area contributed by atoms with Crippen LogP contribution in [-0.4, -0.2) is 48.2 Å². The molecule has 174 valence electrons. The van der Waals surface area contributed by atoms with Crippen molar-refractivity contribution in [1.82, 2.24) is 4.90 Å². The van der Waals surface area contributed by atoms with Crippen molar-refractivity contribution in [2.24, 2.45) is 23.0 Å². The molecule has 1 saturated heterocycles. The summed E-state index contributed by atoms with van der Waals surface area (Å²) in [5.41, 5.74) is 5.59. The van der Waals surface area contributed by atoms with Gasteiger partial charge in [-0.05, 0) is 58.3 Å². The summed E-state index contributed by atoms with van der Waals surface area (Å²) in [7, 11) is 0. The smallest absolute Gasteiger partial charge is 0.312 e. The van der Waals surface area contributed by atoms with Gasteiger partial charge in [0.25, 0.3) is 0 Å². The van der Waals surface area contributed by atoms with E-state index in [1.165, 1.54) is 64.2 Å². The summed E-state index contributed by atoms with van der Waals surface area (Å²) >= 11 is 5.16. The van der Waals surface area contributed by atoms with Crippen LogP contribution in [0.2, 0.25) is 0 Å². The summed E-state index contributed by atoms with van der Waals surface area (Å²) in [6, 6.07) is -0.0594. The van der Waals surface area contributed by atoms with Gasteiger partial charge in [-0.25, -0.2) is 0 Å². The van der Waals surface area contributed by atoms with Crippen LogP contribution in [0.4, 0.5) is 0 Å². The second-order valence-electron chi connectivity index (χ2n) is 10.0. The Morgan fingerprint density at radius 3 is 1.97 bits per heavy atom. The Hall–Kier alpha value is -1.01. The number of morpholine rings is 1. The number of hydrogen-bond acceptors (Lipinski definition) is 4. The second-order valence-corrected chi connectivity index (χ2v) is 10.3. The van der Waals surface area contributed by atoms with Crippen LogP contribution in [0.25, 0.3) is 0 Å². The third-order valence-corrected chi connectivity index (χ3v) is 7.12. The molecule has 0 spiro atoms. The van der Waals surface area contributed by atoms with E-state index in [4.69, 9.17) is 27.5 Å². The molecule has 0 bridgehead atoms. The normalized spacial score (nSPS) is 23.3. The molecule has 0 aromatic heterocycles. The lowest BCUT2D eigenvalue weighted by Crippen LogP contribution is -2.68. The maximum atomic E-state index is 10.8. The third kappa shape index (κ3) is 6.25. The Morgan fingerprint density at radius 1 is 1.10 bits per heavy atom. The van der Waals surface area contributed by atoms with E-state index < -0.39 is 5.41 Å². The Kier molecular flexibility index (Phi) is 9.73. The lowest BCUT2D eigenvalue weighted by atomic mass is 9.63. The van der Waals surface area contributed by atoms with Crippen molar-refractivity contribution >= 4 is 23.5 Å². The van der Waals surface area contributed by atoms with Gasteiger partial charge >= 0.3 is 5.97 Å². The number of nitrogens with zero attached hydrogens (tertiary/aromatic N) is 1. The fourth-order valence-electron chi connectivity index (χ4n) is 5.50. The molecule has 0 amide bonds. The number of carbonyl (C=O) groups is 1. The molecule has 0 unspecified atom stereocenters. The van der Waals surface area contributed by atoms with Crippen molar-refractivity contribution in [3.63, 3.8) is 0 Å². The number of nitrogens with two attached hydrogens (primary N) is 1. The summed E-state index contributed by atoms with van der Waals surface area (Å²) in [6.45, 7) is 7.66. The Labute approximate surface area is 187 Å². The van der Waals surface area contributed by atoms with E-state index in [1.54, 1.807) is 20.8 Å². The van der Waals surface area contributed by atoms with Gasteiger partial charge in [0.2, 0.25) is 0 Å². The van der Waals surface area contributed by atoms with Crippen molar-refractivity contribution in [3.05, 3.63) is 0 Å². The molecular weight excluding hydrogens is 402 g/mol. The van der Waals surface area contributed by atoms with E-state index in [2.05, 4.69) is 9.64 Å². The lowest BCUT2D eigenvalue weighted by molar-refractivity contribution is -0.150. The summed E-state index contributed by atoms with van der Waals surface area (Å²) in [4.78, 5) is 13.0. The molecule has 3 aliphatic rings. The average Bonchev–Trinajstić information content (AvgIpc) is 2.75. The van der Waals surface area contributed by atoms with E-state index in [9.17, 15) is 4.79 Å². The Balaban J connectivity index is 0.000000303. The van der Waals surface area contributed by atoms with Gasteiger partial charge in [0, 0.05) is 6.54 Å². The predicted octanol–water partition coefficient (Wildman–Crippen LogP) is 4.88. The summed E-state index contributed by atoms with van der Waals surface area (Å²) in [5.74, 6) is 1.34. The monoisotopic (exact) mass is 443 g/mol. The average molecular weight is 444 g/mol. The summed E-state index contributed by atoms with van der Waals surface area (Å²) < 4.78 is 10.5. The number of halogens is 1. The number of esters is 1. The van der Waals surface area contributed by atoms with Crippen LogP contribution >= 0.6 is 11.6 Å². The number of hydrogen-bond donors (Lipinski definition) is 2. The first-order valence-corrected chi connectivity index (χ1v) is 12.2. The first-order valence-electron chi connectivity index (χ1n) is 11.7. The van der Waals surface area contributed by atoms with Crippen LogP contribution in [0, 0.1) is 22.7 Å². The van der Waals surface area contributed by atoms with E-state index in [0.29, 0.717) is 11.8 Å². The topological polar surface area (TPSA) is 88.6 Å². The van der Waals surface area contributed by atoms with Crippen LogP contribution in [0.15, 0.2) is 0 Å². The van der Waals surface area contributed by atoms with Gasteiger partial charge in [-0.1, -0.05) is 50.1 Å². The molecule has 0 aromatic rings. The van der Waals surface area contributed by atoms with Gasteiger partial charge in [-0.3, -0.25) is 10.2 Å². The minimum absolute atomic E-state index is 0.0188. The van der Waals surface area contributed by atoms with Gasteiger partial charge in [-0.2, -0.15) is 0 Å². The van der Waals surface area contributed by atoms with Crippen LogP contribution in [0.5, 0.6) is 0 Å². The summed E-state index contributed by atoms with van der Waals surface area (Å²) in [6.07, 6.45) is 13.3. The molecule has 2 saturated carbocycles. The molecule has 1 heterocycles. The standard InChI is InChI=1S/C17H31N3O.C6H11ClO2/c18-16(19)20-11-12-21-13-17(20,14-7-3-1-4-8-14)15-9-5-2-6-10-15;1-6(2,3)5(8)9-4-7/h14-15H,1-13H2,(H3,18,19);4H2,1-3H3. The molecular formula is C23H42ClN3O3. The van der Waals surface area contributed by atoms with Crippen LogP contribution < -0.4 is 5.73 Å². The zero-order valence-corrected chi connectivity index (χ0v) is 19.9. The predicted molar refractivity (Wildman–Crippen MR) is 122 cm³/mol. The van der Waals surface area contributed by atoms with Crippen molar-refractivity contribution in [1.29, 1.82) is 5.41 Å². The van der Waals surface area contributed by atoms with Gasteiger partial charge in [-0.15, -0.1) is 0 Å². The van der Waals surface area contributed by atoms with Crippen LogP contribution in [0.1, 0.15) is 85.0 Å². The van der Waals surface area contributed by atoms with Crippen LogP contribution in [0.3, 0.4) is 0 Å². The Morgan fingerprint density at radius 2 is 1.60 bits per heavy atom. The number of guanidine groups is 1. The van der Waals surface area contributed by atoms with Crippen molar-refractivity contribution in [2.45, 2.75) is 90.5 Å². The first kappa shape index (κ1) is 25.3.